The first-order valence-electron chi connectivity index (χ1n) is 8.77. The van der Waals surface area contributed by atoms with Crippen LogP contribution in [0.3, 0.4) is 0 Å². The molecular weight excluding hydrogens is 276 g/mol. The van der Waals surface area contributed by atoms with Gasteiger partial charge in [-0.15, -0.1) is 0 Å². The molecular formula is C23H26. The van der Waals surface area contributed by atoms with Gasteiger partial charge >= 0.3 is 0 Å². The lowest BCUT2D eigenvalue weighted by Crippen LogP contribution is -2.30. The summed E-state index contributed by atoms with van der Waals surface area (Å²) in [5.74, 6) is 0. The van der Waals surface area contributed by atoms with E-state index in [1.165, 1.54) is 36.0 Å². The number of unbranched alkanes of at least 4 members (excludes halogenated alkanes) is 1. The Morgan fingerprint density at radius 1 is 0.870 bits per heavy atom. The van der Waals surface area contributed by atoms with Crippen LogP contribution in [0.25, 0.3) is 0 Å². The minimum atomic E-state index is 0.00606. The van der Waals surface area contributed by atoms with Crippen molar-refractivity contribution in [1.82, 2.24) is 0 Å². The highest BCUT2D eigenvalue weighted by Crippen LogP contribution is 2.47. The normalized spacial score (nSPS) is 14.5. The Kier molecular flexibility index (Phi) is 4.81. The SMILES string of the molecule is CCCCC(C1=C(C)C=CC1)(c1ccccc1)c1ccccc1. The third-order valence-electron chi connectivity index (χ3n) is 5.12. The molecule has 1 aliphatic rings. The smallest absolute Gasteiger partial charge is 0.0419 e. The van der Waals surface area contributed by atoms with Crippen molar-refractivity contribution in [1.29, 1.82) is 0 Å². The van der Waals surface area contributed by atoms with Gasteiger partial charge in [0.15, 0.2) is 0 Å². The van der Waals surface area contributed by atoms with Crippen LogP contribution in [0.4, 0.5) is 0 Å². The van der Waals surface area contributed by atoms with Crippen molar-refractivity contribution in [2.75, 3.05) is 0 Å². The first-order chi connectivity index (χ1) is 11.3. The van der Waals surface area contributed by atoms with Crippen molar-refractivity contribution in [2.24, 2.45) is 0 Å². The Morgan fingerprint density at radius 2 is 1.43 bits per heavy atom. The molecule has 0 atom stereocenters. The van der Waals surface area contributed by atoms with Crippen molar-refractivity contribution >= 4 is 0 Å². The molecule has 0 aromatic heterocycles. The highest BCUT2D eigenvalue weighted by atomic mass is 14.4. The second-order valence-electron chi connectivity index (χ2n) is 6.51. The minimum absolute atomic E-state index is 0.00606. The summed E-state index contributed by atoms with van der Waals surface area (Å²) in [5, 5.41) is 0. The zero-order valence-corrected chi connectivity index (χ0v) is 14.3. The van der Waals surface area contributed by atoms with E-state index in [2.05, 4.69) is 86.7 Å². The third-order valence-corrected chi connectivity index (χ3v) is 5.12. The molecule has 2 aromatic carbocycles. The highest BCUT2D eigenvalue weighted by Gasteiger charge is 2.38. The number of allylic oxidation sites excluding steroid dienone is 4. The van der Waals surface area contributed by atoms with Crippen molar-refractivity contribution in [2.45, 2.75) is 44.9 Å². The monoisotopic (exact) mass is 302 g/mol. The molecule has 0 heterocycles. The molecule has 118 valence electrons. The molecule has 0 bridgehead atoms. The fourth-order valence-electron chi connectivity index (χ4n) is 3.97. The molecule has 0 radical (unpaired) electrons. The van der Waals surface area contributed by atoms with Crippen LogP contribution in [-0.2, 0) is 5.41 Å². The number of rotatable bonds is 6. The van der Waals surface area contributed by atoms with E-state index < -0.39 is 0 Å². The maximum Gasteiger partial charge on any atom is 0.0419 e. The lowest BCUT2D eigenvalue weighted by molar-refractivity contribution is 0.509. The molecule has 0 nitrogen and oxygen atoms in total. The Morgan fingerprint density at radius 3 is 1.87 bits per heavy atom. The van der Waals surface area contributed by atoms with Gasteiger partial charge in [0.2, 0.25) is 0 Å². The molecule has 3 rings (SSSR count). The van der Waals surface area contributed by atoms with Gasteiger partial charge in [-0.05, 0) is 36.5 Å². The predicted octanol–water partition coefficient (Wildman–Crippen LogP) is 6.44. The lowest BCUT2D eigenvalue weighted by atomic mass is 9.65. The summed E-state index contributed by atoms with van der Waals surface area (Å²) in [5.41, 5.74) is 5.87. The van der Waals surface area contributed by atoms with Gasteiger partial charge in [0.25, 0.3) is 0 Å². The molecule has 0 fully saturated rings. The average Bonchev–Trinajstić information content (AvgIpc) is 3.04. The van der Waals surface area contributed by atoms with Crippen LogP contribution in [0, 0.1) is 0 Å². The lowest BCUT2D eigenvalue weighted by Gasteiger charge is -2.38. The molecule has 23 heavy (non-hydrogen) atoms. The van der Waals surface area contributed by atoms with E-state index in [1.807, 2.05) is 0 Å². The molecule has 0 heteroatoms. The fraction of sp³-hybridized carbons (Fsp3) is 0.304. The van der Waals surface area contributed by atoms with E-state index in [4.69, 9.17) is 0 Å². The Hall–Kier alpha value is -2.08. The molecule has 0 saturated heterocycles. The molecule has 0 amide bonds. The molecule has 0 N–H and O–H groups in total. The van der Waals surface area contributed by atoms with Crippen LogP contribution in [-0.4, -0.2) is 0 Å². The van der Waals surface area contributed by atoms with Crippen molar-refractivity contribution in [3.05, 3.63) is 95.1 Å². The largest absolute Gasteiger partial charge is 0.0801 e. The number of hydrogen-bond donors (Lipinski definition) is 0. The second-order valence-corrected chi connectivity index (χ2v) is 6.51. The van der Waals surface area contributed by atoms with Crippen LogP contribution < -0.4 is 0 Å². The fourth-order valence-corrected chi connectivity index (χ4v) is 3.97. The van der Waals surface area contributed by atoms with E-state index in [-0.39, 0.29) is 5.41 Å². The van der Waals surface area contributed by atoms with E-state index >= 15 is 0 Å². The van der Waals surface area contributed by atoms with E-state index in [1.54, 1.807) is 5.57 Å². The van der Waals surface area contributed by atoms with E-state index in [9.17, 15) is 0 Å². The second kappa shape index (κ2) is 7.00. The van der Waals surface area contributed by atoms with Crippen molar-refractivity contribution in [3.8, 4) is 0 Å². The van der Waals surface area contributed by atoms with E-state index in [0.29, 0.717) is 0 Å². The quantitative estimate of drug-likeness (QED) is 0.576. The Labute approximate surface area is 140 Å². The van der Waals surface area contributed by atoms with Crippen LogP contribution in [0.2, 0.25) is 0 Å². The Balaban J connectivity index is 2.24. The van der Waals surface area contributed by atoms with Gasteiger partial charge < -0.3 is 0 Å². The summed E-state index contributed by atoms with van der Waals surface area (Å²) in [6, 6.07) is 22.2. The highest BCUT2D eigenvalue weighted by molar-refractivity contribution is 5.53. The molecule has 2 aromatic rings. The minimum Gasteiger partial charge on any atom is -0.0801 e. The topological polar surface area (TPSA) is 0 Å². The number of benzene rings is 2. The summed E-state index contributed by atoms with van der Waals surface area (Å²) in [4.78, 5) is 0. The summed E-state index contributed by atoms with van der Waals surface area (Å²) in [7, 11) is 0. The standard InChI is InChI=1S/C23H26/c1-3-4-18-23(20-13-7-5-8-14-20,21-15-9-6-10-16-21)22-17-11-12-19(22)2/h5-16H,3-4,17-18H2,1-2H3. The van der Waals surface area contributed by atoms with E-state index in [0.717, 1.165) is 6.42 Å². The first-order valence-corrected chi connectivity index (χ1v) is 8.77. The third kappa shape index (κ3) is 2.91. The summed E-state index contributed by atoms with van der Waals surface area (Å²) < 4.78 is 0. The van der Waals surface area contributed by atoms with Crippen LogP contribution in [0.5, 0.6) is 0 Å². The average molecular weight is 302 g/mol. The maximum atomic E-state index is 2.32. The molecule has 1 aliphatic carbocycles. The summed E-state index contributed by atoms with van der Waals surface area (Å²) in [6.45, 7) is 4.56. The Bertz CT molecular complexity index is 650. The van der Waals surface area contributed by atoms with Gasteiger partial charge in [-0.3, -0.25) is 0 Å². The molecule has 0 aliphatic heterocycles. The van der Waals surface area contributed by atoms with Gasteiger partial charge in [0.05, 0.1) is 0 Å². The van der Waals surface area contributed by atoms with Gasteiger partial charge in [0.1, 0.15) is 0 Å². The summed E-state index contributed by atoms with van der Waals surface area (Å²) in [6.07, 6.45) is 9.31. The zero-order chi connectivity index (χ0) is 16.1. The molecule has 0 spiro atoms. The maximum absolute atomic E-state index is 2.32. The van der Waals surface area contributed by atoms with Crippen LogP contribution >= 0.6 is 0 Å². The van der Waals surface area contributed by atoms with Crippen LogP contribution in [0.15, 0.2) is 84.0 Å². The van der Waals surface area contributed by atoms with Gasteiger partial charge in [-0.2, -0.15) is 0 Å². The number of hydrogen-bond acceptors (Lipinski definition) is 0. The summed E-state index contributed by atoms with van der Waals surface area (Å²) >= 11 is 0. The van der Waals surface area contributed by atoms with Gasteiger partial charge in [-0.25, -0.2) is 0 Å². The van der Waals surface area contributed by atoms with Crippen LogP contribution in [0.1, 0.15) is 50.7 Å². The zero-order valence-electron chi connectivity index (χ0n) is 14.3. The molecule has 0 unspecified atom stereocenters. The van der Waals surface area contributed by atoms with Crippen molar-refractivity contribution < 1.29 is 0 Å². The predicted molar refractivity (Wildman–Crippen MR) is 99.6 cm³/mol. The van der Waals surface area contributed by atoms with Gasteiger partial charge in [-0.1, -0.05) is 98.2 Å². The van der Waals surface area contributed by atoms with Gasteiger partial charge in [0, 0.05) is 5.41 Å². The molecule has 0 saturated carbocycles. The first kappa shape index (κ1) is 15.8. The van der Waals surface area contributed by atoms with Crippen molar-refractivity contribution in [3.63, 3.8) is 0 Å².